The van der Waals surface area contributed by atoms with E-state index in [1.165, 1.54) is 13.0 Å². The Balaban J connectivity index is 1.45. The lowest BCUT2D eigenvalue weighted by Gasteiger charge is -2.14. The Kier molecular flexibility index (Phi) is 6.20. The van der Waals surface area contributed by atoms with Crippen LogP contribution in [-0.4, -0.2) is 59.1 Å². The zero-order chi connectivity index (χ0) is 19.2. The van der Waals surface area contributed by atoms with Crippen molar-refractivity contribution in [3.05, 3.63) is 47.3 Å². The van der Waals surface area contributed by atoms with Crippen molar-refractivity contribution in [2.75, 3.05) is 26.2 Å². The lowest BCUT2D eigenvalue weighted by atomic mass is 10.1. The number of β-amino-alcohol motifs (C(OH)–C–C–N with tert-alkyl or cyclic N) is 1. The van der Waals surface area contributed by atoms with Crippen LogP contribution in [-0.2, 0) is 6.61 Å². The SMILES string of the molecule is CC(=O)c1cccc(OCc2cc(C(=O)NCCN3CC[C@@H](O)C3)no2)c1. The largest absolute Gasteiger partial charge is 0.486 e. The number of carbonyl (C=O) groups is 2. The van der Waals surface area contributed by atoms with E-state index in [9.17, 15) is 14.7 Å². The van der Waals surface area contributed by atoms with E-state index in [4.69, 9.17) is 9.26 Å². The van der Waals surface area contributed by atoms with Crippen LogP contribution in [0, 0.1) is 0 Å². The molecule has 27 heavy (non-hydrogen) atoms. The van der Waals surface area contributed by atoms with Crippen LogP contribution in [0.25, 0.3) is 0 Å². The van der Waals surface area contributed by atoms with Gasteiger partial charge in [0, 0.05) is 37.8 Å². The van der Waals surface area contributed by atoms with E-state index >= 15 is 0 Å². The zero-order valence-electron chi connectivity index (χ0n) is 15.2. The van der Waals surface area contributed by atoms with E-state index in [1.807, 2.05) is 0 Å². The molecule has 0 radical (unpaired) electrons. The van der Waals surface area contributed by atoms with E-state index in [0.717, 1.165) is 13.0 Å². The molecule has 1 amide bonds. The van der Waals surface area contributed by atoms with Crippen molar-refractivity contribution in [2.45, 2.75) is 26.1 Å². The molecule has 2 heterocycles. The predicted octanol–water partition coefficient (Wildman–Crippen LogP) is 1.25. The maximum absolute atomic E-state index is 12.1. The molecule has 2 aromatic rings. The molecule has 1 fully saturated rings. The summed E-state index contributed by atoms with van der Waals surface area (Å²) in [5, 5.41) is 16.0. The third-order valence-corrected chi connectivity index (χ3v) is 4.37. The van der Waals surface area contributed by atoms with Gasteiger partial charge in [-0.3, -0.25) is 14.5 Å². The van der Waals surface area contributed by atoms with Gasteiger partial charge in [-0.25, -0.2) is 0 Å². The number of rotatable bonds is 8. The summed E-state index contributed by atoms with van der Waals surface area (Å²) in [6.07, 6.45) is 0.505. The number of carbonyl (C=O) groups excluding carboxylic acids is 2. The molecule has 0 aliphatic carbocycles. The highest BCUT2D eigenvalue weighted by atomic mass is 16.5. The molecule has 1 aromatic heterocycles. The quantitative estimate of drug-likeness (QED) is 0.671. The van der Waals surface area contributed by atoms with Crippen molar-refractivity contribution in [3.8, 4) is 5.75 Å². The van der Waals surface area contributed by atoms with Crippen LogP contribution in [0.5, 0.6) is 5.75 Å². The first-order chi connectivity index (χ1) is 13.0. The second-order valence-corrected chi connectivity index (χ2v) is 6.55. The predicted molar refractivity (Wildman–Crippen MR) is 96.7 cm³/mol. The standard InChI is InChI=1S/C19H23N3O5/c1-13(23)14-3-2-4-16(9-14)26-12-17-10-18(21-27-17)19(25)20-6-8-22-7-5-15(24)11-22/h2-4,9-10,15,24H,5-8,11-12H2,1H3,(H,20,25)/t15-/m1/s1. The number of hydrogen-bond acceptors (Lipinski definition) is 7. The van der Waals surface area contributed by atoms with Gasteiger partial charge in [0.05, 0.1) is 6.10 Å². The number of amides is 1. The number of aromatic nitrogens is 1. The molecule has 0 unspecified atom stereocenters. The highest BCUT2D eigenvalue weighted by Crippen LogP contribution is 2.16. The number of likely N-dealkylation sites (tertiary alicyclic amines) is 1. The molecule has 8 heteroatoms. The summed E-state index contributed by atoms with van der Waals surface area (Å²) in [6, 6.07) is 8.39. The van der Waals surface area contributed by atoms with Gasteiger partial charge < -0.3 is 19.7 Å². The molecule has 1 aliphatic rings. The number of hydrogen-bond donors (Lipinski definition) is 2. The number of nitrogens with one attached hydrogen (secondary N) is 1. The summed E-state index contributed by atoms with van der Waals surface area (Å²) >= 11 is 0. The first-order valence-corrected chi connectivity index (χ1v) is 8.89. The maximum atomic E-state index is 12.1. The van der Waals surface area contributed by atoms with E-state index in [2.05, 4.69) is 15.4 Å². The smallest absolute Gasteiger partial charge is 0.273 e. The summed E-state index contributed by atoms with van der Waals surface area (Å²) in [6.45, 7) is 4.24. The van der Waals surface area contributed by atoms with Gasteiger partial charge in [-0.2, -0.15) is 0 Å². The molecule has 2 N–H and O–H groups in total. The molecule has 1 aliphatic heterocycles. The summed E-state index contributed by atoms with van der Waals surface area (Å²) in [4.78, 5) is 25.6. The van der Waals surface area contributed by atoms with Crippen molar-refractivity contribution in [1.82, 2.24) is 15.4 Å². The number of ketones is 1. The molecular formula is C19H23N3O5. The maximum Gasteiger partial charge on any atom is 0.273 e. The van der Waals surface area contributed by atoms with Gasteiger partial charge in [-0.1, -0.05) is 17.3 Å². The van der Waals surface area contributed by atoms with Crippen LogP contribution >= 0.6 is 0 Å². The molecule has 1 aromatic carbocycles. The number of aliphatic hydroxyl groups excluding tert-OH is 1. The molecule has 0 saturated carbocycles. The van der Waals surface area contributed by atoms with Crippen molar-refractivity contribution < 1.29 is 24.0 Å². The van der Waals surface area contributed by atoms with E-state index in [1.54, 1.807) is 24.3 Å². The molecule has 1 atom stereocenters. The molecule has 144 valence electrons. The normalized spacial score (nSPS) is 17.0. The monoisotopic (exact) mass is 373 g/mol. The van der Waals surface area contributed by atoms with Crippen LogP contribution in [0.15, 0.2) is 34.9 Å². The Morgan fingerprint density at radius 2 is 2.26 bits per heavy atom. The van der Waals surface area contributed by atoms with Crippen LogP contribution in [0.3, 0.4) is 0 Å². The van der Waals surface area contributed by atoms with Crippen molar-refractivity contribution in [1.29, 1.82) is 0 Å². The van der Waals surface area contributed by atoms with Gasteiger partial charge in [0.2, 0.25) is 0 Å². The molecule has 1 saturated heterocycles. The molecule has 0 spiro atoms. The van der Waals surface area contributed by atoms with E-state index in [-0.39, 0.29) is 30.1 Å². The summed E-state index contributed by atoms with van der Waals surface area (Å²) in [7, 11) is 0. The Morgan fingerprint density at radius 3 is 3.00 bits per heavy atom. The summed E-state index contributed by atoms with van der Waals surface area (Å²) < 4.78 is 10.7. The van der Waals surface area contributed by atoms with Crippen molar-refractivity contribution in [3.63, 3.8) is 0 Å². The Labute approximate surface area is 157 Å². The lowest BCUT2D eigenvalue weighted by Crippen LogP contribution is -2.34. The third kappa shape index (κ3) is 5.38. The lowest BCUT2D eigenvalue weighted by molar-refractivity contribution is 0.0938. The molecule has 0 bridgehead atoms. The fourth-order valence-corrected chi connectivity index (χ4v) is 2.88. The Morgan fingerprint density at radius 1 is 1.41 bits per heavy atom. The van der Waals surface area contributed by atoms with Crippen LogP contribution in [0.4, 0.5) is 0 Å². The topological polar surface area (TPSA) is 105 Å². The molecule has 8 nitrogen and oxygen atoms in total. The number of benzene rings is 1. The second kappa shape index (κ2) is 8.79. The minimum Gasteiger partial charge on any atom is -0.486 e. The van der Waals surface area contributed by atoms with Gasteiger partial charge in [0.25, 0.3) is 5.91 Å². The van der Waals surface area contributed by atoms with Crippen molar-refractivity contribution in [2.24, 2.45) is 0 Å². The van der Waals surface area contributed by atoms with E-state index in [0.29, 0.717) is 36.7 Å². The summed E-state index contributed by atoms with van der Waals surface area (Å²) in [5.74, 6) is 0.597. The van der Waals surface area contributed by atoms with Gasteiger partial charge in [-0.05, 0) is 25.5 Å². The average Bonchev–Trinajstić information content (AvgIpc) is 3.29. The van der Waals surface area contributed by atoms with Crippen molar-refractivity contribution >= 4 is 11.7 Å². The van der Waals surface area contributed by atoms with Gasteiger partial charge in [0.15, 0.2) is 17.2 Å². The average molecular weight is 373 g/mol. The summed E-state index contributed by atoms with van der Waals surface area (Å²) in [5.41, 5.74) is 0.753. The second-order valence-electron chi connectivity index (χ2n) is 6.55. The number of aliphatic hydroxyl groups is 1. The van der Waals surface area contributed by atoms with Crippen LogP contribution in [0.1, 0.15) is 40.0 Å². The Bertz CT molecular complexity index is 804. The van der Waals surface area contributed by atoms with Crippen LogP contribution < -0.4 is 10.1 Å². The highest BCUT2D eigenvalue weighted by molar-refractivity contribution is 5.94. The van der Waals surface area contributed by atoms with Crippen LogP contribution in [0.2, 0.25) is 0 Å². The van der Waals surface area contributed by atoms with Gasteiger partial charge in [-0.15, -0.1) is 0 Å². The highest BCUT2D eigenvalue weighted by Gasteiger charge is 2.20. The molecular weight excluding hydrogens is 350 g/mol. The first-order valence-electron chi connectivity index (χ1n) is 8.89. The molecule has 3 rings (SSSR count). The first kappa shape index (κ1) is 19.1. The zero-order valence-corrected chi connectivity index (χ0v) is 15.2. The van der Waals surface area contributed by atoms with E-state index < -0.39 is 0 Å². The minimum atomic E-state index is -0.316. The van der Waals surface area contributed by atoms with Gasteiger partial charge in [0.1, 0.15) is 12.4 Å². The number of nitrogens with zero attached hydrogens (tertiary/aromatic N) is 2. The minimum absolute atomic E-state index is 0.0393. The Hall–Kier alpha value is -2.71. The number of Topliss-reactive ketones (excluding diaryl/α,β-unsaturated/α-hetero) is 1. The fraction of sp³-hybridized carbons (Fsp3) is 0.421. The third-order valence-electron chi connectivity index (χ3n) is 4.37. The number of ether oxygens (including phenoxy) is 1. The fourth-order valence-electron chi connectivity index (χ4n) is 2.88. The van der Waals surface area contributed by atoms with Gasteiger partial charge >= 0.3 is 0 Å².